The number of nitrogens with one attached hydrogen (secondary N) is 2. The fraction of sp³-hybridized carbons (Fsp3) is 0.294. The third-order valence-corrected chi connectivity index (χ3v) is 5.31. The van der Waals surface area contributed by atoms with Crippen LogP contribution in [0.3, 0.4) is 0 Å². The molecule has 9 nitrogen and oxygen atoms in total. The number of piperidine rings is 1. The van der Waals surface area contributed by atoms with Crippen LogP contribution < -0.4 is 15.8 Å². The molecule has 0 spiro atoms. The molecule has 0 unspecified atom stereocenters. The lowest BCUT2D eigenvalue weighted by Gasteiger charge is -2.23. The predicted octanol–water partition coefficient (Wildman–Crippen LogP) is 0.387. The van der Waals surface area contributed by atoms with Gasteiger partial charge in [0.15, 0.2) is 5.69 Å². The van der Waals surface area contributed by atoms with Crippen LogP contribution in [-0.2, 0) is 10.2 Å². The normalized spacial score (nSPS) is 15.4. The second-order valence-electron chi connectivity index (χ2n) is 6.30. The molecule has 1 aromatic carbocycles. The van der Waals surface area contributed by atoms with E-state index in [1.165, 1.54) is 6.07 Å². The first kappa shape index (κ1) is 19.1. The molecule has 144 valence electrons. The van der Waals surface area contributed by atoms with Crippen molar-refractivity contribution < 1.29 is 23.1 Å². The fourth-order valence-corrected chi connectivity index (χ4v) is 3.77. The van der Waals surface area contributed by atoms with Crippen molar-refractivity contribution in [1.82, 2.24) is 14.6 Å². The van der Waals surface area contributed by atoms with Gasteiger partial charge in [0.1, 0.15) is 0 Å². The molecule has 0 saturated carbocycles. The van der Waals surface area contributed by atoms with E-state index in [1.54, 1.807) is 24.3 Å². The number of aromatic nitrogens is 1. The van der Waals surface area contributed by atoms with Gasteiger partial charge in [0.2, 0.25) is 0 Å². The first-order valence-corrected chi connectivity index (χ1v) is 9.87. The van der Waals surface area contributed by atoms with Gasteiger partial charge in [0, 0.05) is 23.4 Å². The Hall–Kier alpha value is -2.69. The number of nitrogens with two attached hydrogens (primary N) is 1. The molecule has 2 heterocycles. The van der Waals surface area contributed by atoms with E-state index in [2.05, 4.69) is 10.6 Å². The lowest BCUT2D eigenvalue weighted by Crippen LogP contribution is -2.42. The Kier molecular flexibility index (Phi) is 5.31. The van der Waals surface area contributed by atoms with Gasteiger partial charge in [-0.15, -0.1) is 0 Å². The van der Waals surface area contributed by atoms with E-state index < -0.39 is 21.9 Å². The molecule has 1 aliphatic rings. The molecule has 2 aromatic rings. The Morgan fingerprint density at radius 3 is 2.33 bits per heavy atom. The molecule has 5 N–H and O–H groups in total. The highest BCUT2D eigenvalue weighted by Crippen LogP contribution is 2.26. The number of nitrogens with zero attached hydrogens (tertiary/aromatic N) is 1. The number of carboxylic acid groups (broad SMARTS) is 1. The van der Waals surface area contributed by atoms with E-state index in [4.69, 9.17) is 5.14 Å². The summed E-state index contributed by atoms with van der Waals surface area (Å²) >= 11 is 0. The van der Waals surface area contributed by atoms with Crippen molar-refractivity contribution in [2.45, 2.75) is 18.9 Å². The number of hydrogen-bond acceptors (Lipinski definition) is 5. The summed E-state index contributed by atoms with van der Waals surface area (Å²) in [7, 11) is -4.24. The van der Waals surface area contributed by atoms with Gasteiger partial charge in [0.05, 0.1) is 0 Å². The maximum Gasteiger partial charge on any atom is 0.354 e. The third-order valence-electron chi connectivity index (χ3n) is 4.46. The van der Waals surface area contributed by atoms with Gasteiger partial charge in [-0.25, -0.2) is 13.9 Å². The average molecular weight is 392 g/mol. The minimum atomic E-state index is -4.24. The van der Waals surface area contributed by atoms with Gasteiger partial charge >= 0.3 is 16.2 Å². The third kappa shape index (κ3) is 4.18. The van der Waals surface area contributed by atoms with Gasteiger partial charge in [-0.3, -0.25) is 4.79 Å². The van der Waals surface area contributed by atoms with Gasteiger partial charge in [-0.2, -0.15) is 8.42 Å². The average Bonchev–Trinajstić information content (AvgIpc) is 3.08. The van der Waals surface area contributed by atoms with Crippen molar-refractivity contribution in [3.8, 4) is 11.1 Å². The van der Waals surface area contributed by atoms with Crippen LogP contribution in [0.5, 0.6) is 0 Å². The van der Waals surface area contributed by atoms with Crippen LogP contribution in [0.15, 0.2) is 36.5 Å². The van der Waals surface area contributed by atoms with Crippen LogP contribution in [0.4, 0.5) is 0 Å². The smallest absolute Gasteiger partial charge is 0.354 e. The van der Waals surface area contributed by atoms with Crippen LogP contribution in [0.1, 0.15) is 33.7 Å². The summed E-state index contributed by atoms with van der Waals surface area (Å²) in [6, 6.07) is 7.79. The Labute approximate surface area is 156 Å². The quantitative estimate of drug-likeness (QED) is 0.579. The number of aromatic carboxylic acids is 1. The predicted molar refractivity (Wildman–Crippen MR) is 98.7 cm³/mol. The molecule has 1 aliphatic heterocycles. The lowest BCUT2D eigenvalue weighted by atomic mass is 10.0. The highest BCUT2D eigenvalue weighted by molar-refractivity contribution is 7.87. The van der Waals surface area contributed by atoms with Gasteiger partial charge < -0.3 is 15.7 Å². The zero-order valence-corrected chi connectivity index (χ0v) is 15.2. The van der Waals surface area contributed by atoms with E-state index in [1.807, 2.05) is 0 Å². The highest BCUT2D eigenvalue weighted by atomic mass is 32.2. The summed E-state index contributed by atoms with van der Waals surface area (Å²) in [5, 5.41) is 20.6. The maximum absolute atomic E-state index is 12.3. The number of carboxylic acids is 1. The number of amides is 1. The van der Waals surface area contributed by atoms with Crippen LogP contribution in [0.2, 0.25) is 0 Å². The first-order valence-electron chi connectivity index (χ1n) is 8.37. The van der Waals surface area contributed by atoms with E-state index in [-0.39, 0.29) is 17.5 Å². The van der Waals surface area contributed by atoms with E-state index in [9.17, 15) is 23.1 Å². The Bertz CT molecular complexity index is 960. The number of carbonyl (C=O) groups excluding carboxylic acids is 1. The molecular formula is C17H20N4O5S. The number of benzene rings is 1. The topological polar surface area (TPSA) is 144 Å². The molecule has 1 aromatic heterocycles. The molecule has 1 amide bonds. The molecule has 0 atom stereocenters. The fourth-order valence-electron chi connectivity index (χ4n) is 3.11. The van der Waals surface area contributed by atoms with Crippen molar-refractivity contribution in [2.24, 2.45) is 5.14 Å². The molecule has 10 heteroatoms. The second kappa shape index (κ2) is 7.51. The molecule has 3 rings (SSSR count). The van der Waals surface area contributed by atoms with Crippen LogP contribution >= 0.6 is 0 Å². The molecular weight excluding hydrogens is 372 g/mol. The molecule has 0 radical (unpaired) electrons. The SMILES string of the molecule is NS(=O)(=O)n1ccc(-c2ccc(C(=O)NC3CCNCC3)cc2)c1C(=O)O. The number of carbonyl (C=O) groups is 2. The molecule has 0 aliphatic carbocycles. The number of rotatable bonds is 5. The molecule has 1 saturated heterocycles. The number of hydrogen-bond donors (Lipinski definition) is 4. The van der Waals surface area contributed by atoms with E-state index in [0.717, 1.165) is 32.1 Å². The molecule has 1 fully saturated rings. The van der Waals surface area contributed by atoms with Crippen molar-refractivity contribution in [1.29, 1.82) is 0 Å². The van der Waals surface area contributed by atoms with Crippen LogP contribution in [-0.4, -0.2) is 48.5 Å². The Morgan fingerprint density at radius 1 is 1.15 bits per heavy atom. The maximum atomic E-state index is 12.3. The first-order chi connectivity index (χ1) is 12.8. The van der Waals surface area contributed by atoms with E-state index in [0.29, 0.717) is 15.1 Å². The standard InChI is InChI=1S/C17H20N4O5S/c18-27(25,26)21-10-7-14(15(21)17(23)24)11-1-3-12(4-2-11)16(22)20-13-5-8-19-9-6-13/h1-4,7,10,13,19H,5-6,8-9H2,(H,20,22)(H,23,24)(H2,18,25,26). The molecule has 0 bridgehead atoms. The van der Waals surface area contributed by atoms with Crippen molar-refractivity contribution in [3.63, 3.8) is 0 Å². The lowest BCUT2D eigenvalue weighted by molar-refractivity contribution is 0.0689. The summed E-state index contributed by atoms with van der Waals surface area (Å²) in [5.41, 5.74) is 0.652. The summed E-state index contributed by atoms with van der Waals surface area (Å²) in [5.74, 6) is -1.62. The summed E-state index contributed by atoms with van der Waals surface area (Å²) in [4.78, 5) is 23.9. The second-order valence-corrected chi connectivity index (χ2v) is 7.72. The highest BCUT2D eigenvalue weighted by Gasteiger charge is 2.23. The van der Waals surface area contributed by atoms with Crippen LogP contribution in [0.25, 0.3) is 11.1 Å². The monoisotopic (exact) mass is 392 g/mol. The van der Waals surface area contributed by atoms with Crippen molar-refractivity contribution in [2.75, 3.05) is 13.1 Å². The van der Waals surface area contributed by atoms with Gasteiger partial charge in [-0.05, 0) is 49.7 Å². The zero-order valence-electron chi connectivity index (χ0n) is 14.4. The minimum Gasteiger partial charge on any atom is -0.477 e. The Morgan fingerprint density at radius 2 is 1.78 bits per heavy atom. The van der Waals surface area contributed by atoms with Crippen molar-refractivity contribution in [3.05, 3.63) is 47.8 Å². The van der Waals surface area contributed by atoms with Crippen LogP contribution in [0, 0.1) is 0 Å². The van der Waals surface area contributed by atoms with E-state index >= 15 is 0 Å². The summed E-state index contributed by atoms with van der Waals surface area (Å²) in [6.07, 6.45) is 2.82. The largest absolute Gasteiger partial charge is 0.477 e. The minimum absolute atomic E-state index is 0.126. The Balaban J connectivity index is 1.84. The van der Waals surface area contributed by atoms with Gasteiger partial charge in [-0.1, -0.05) is 12.1 Å². The van der Waals surface area contributed by atoms with Crippen molar-refractivity contribution >= 4 is 22.1 Å². The summed E-state index contributed by atoms with van der Waals surface area (Å²) < 4.78 is 23.6. The van der Waals surface area contributed by atoms with Gasteiger partial charge in [0.25, 0.3) is 5.91 Å². The zero-order chi connectivity index (χ0) is 19.6. The molecule has 27 heavy (non-hydrogen) atoms. The summed E-state index contributed by atoms with van der Waals surface area (Å²) in [6.45, 7) is 1.73.